The van der Waals surface area contributed by atoms with Gasteiger partial charge in [0, 0.05) is 26.2 Å². The zero-order valence-electron chi connectivity index (χ0n) is 15.3. The van der Waals surface area contributed by atoms with Crippen molar-refractivity contribution in [3.8, 4) is 0 Å². The largest absolute Gasteiger partial charge is 0.396 e. The third-order valence-electron chi connectivity index (χ3n) is 3.87. The molecule has 5 heteroatoms. The van der Waals surface area contributed by atoms with Crippen molar-refractivity contribution in [2.45, 2.75) is 46.5 Å². The SMILES string of the molecule is CCCC(CCO)CN=C(NCC)NCCc1cccc(C)c1.I. The van der Waals surface area contributed by atoms with Gasteiger partial charge in [0.1, 0.15) is 0 Å². The summed E-state index contributed by atoms with van der Waals surface area (Å²) in [5, 5.41) is 15.8. The van der Waals surface area contributed by atoms with E-state index in [2.05, 4.69) is 60.7 Å². The molecule has 0 amide bonds. The second-order valence-electron chi connectivity index (χ2n) is 6.05. The van der Waals surface area contributed by atoms with Gasteiger partial charge in [-0.3, -0.25) is 4.99 Å². The van der Waals surface area contributed by atoms with Gasteiger partial charge < -0.3 is 15.7 Å². The summed E-state index contributed by atoms with van der Waals surface area (Å²) < 4.78 is 0. The molecule has 0 saturated carbocycles. The predicted octanol–water partition coefficient (Wildman–Crippen LogP) is 3.51. The lowest BCUT2D eigenvalue weighted by molar-refractivity contribution is 0.253. The molecule has 0 spiro atoms. The van der Waals surface area contributed by atoms with Gasteiger partial charge in [-0.1, -0.05) is 43.2 Å². The van der Waals surface area contributed by atoms with Crippen LogP contribution in [-0.4, -0.2) is 37.3 Å². The summed E-state index contributed by atoms with van der Waals surface area (Å²) in [4.78, 5) is 4.68. The Balaban J connectivity index is 0.00000529. The van der Waals surface area contributed by atoms with E-state index in [1.165, 1.54) is 11.1 Å². The number of hydrogen-bond acceptors (Lipinski definition) is 2. The van der Waals surface area contributed by atoms with Gasteiger partial charge in [0.2, 0.25) is 0 Å². The highest BCUT2D eigenvalue weighted by molar-refractivity contribution is 14.0. The van der Waals surface area contributed by atoms with E-state index in [9.17, 15) is 0 Å². The maximum Gasteiger partial charge on any atom is 0.191 e. The second kappa shape index (κ2) is 14.5. The molecular formula is C19H34IN3O. The molecule has 0 heterocycles. The Morgan fingerprint density at radius 1 is 1.21 bits per heavy atom. The Hall–Kier alpha value is -0.820. The quantitative estimate of drug-likeness (QED) is 0.292. The first kappa shape index (κ1) is 23.2. The van der Waals surface area contributed by atoms with Crippen LogP contribution in [0.4, 0.5) is 0 Å². The number of nitrogens with one attached hydrogen (secondary N) is 2. The fourth-order valence-electron chi connectivity index (χ4n) is 2.67. The zero-order chi connectivity index (χ0) is 16.9. The molecule has 0 saturated heterocycles. The number of hydrogen-bond donors (Lipinski definition) is 3. The molecule has 1 rings (SSSR count). The Morgan fingerprint density at radius 2 is 2.00 bits per heavy atom. The van der Waals surface area contributed by atoms with Crippen molar-refractivity contribution in [3.63, 3.8) is 0 Å². The summed E-state index contributed by atoms with van der Waals surface area (Å²) in [7, 11) is 0. The first-order valence-electron chi connectivity index (χ1n) is 8.88. The van der Waals surface area contributed by atoms with Crippen LogP contribution in [0.3, 0.4) is 0 Å². The molecule has 1 aromatic carbocycles. The average molecular weight is 447 g/mol. The highest BCUT2D eigenvalue weighted by atomic mass is 127. The Morgan fingerprint density at radius 3 is 2.62 bits per heavy atom. The summed E-state index contributed by atoms with van der Waals surface area (Å²) in [6.45, 7) is 9.13. The number of benzene rings is 1. The van der Waals surface area contributed by atoms with Crippen LogP contribution >= 0.6 is 24.0 Å². The molecule has 0 aliphatic carbocycles. The number of aliphatic imine (C=N–C) groups is 1. The maximum atomic E-state index is 9.14. The normalized spacial score (nSPS) is 12.4. The Kier molecular flexibility index (Phi) is 14.0. The van der Waals surface area contributed by atoms with Crippen molar-refractivity contribution in [2.24, 2.45) is 10.9 Å². The lowest BCUT2D eigenvalue weighted by atomic mass is 10.0. The van der Waals surface area contributed by atoms with Crippen LogP contribution in [0.5, 0.6) is 0 Å². The molecular weight excluding hydrogens is 413 g/mol. The topological polar surface area (TPSA) is 56.7 Å². The van der Waals surface area contributed by atoms with Crippen molar-refractivity contribution >= 4 is 29.9 Å². The molecule has 3 N–H and O–H groups in total. The van der Waals surface area contributed by atoms with E-state index in [0.29, 0.717) is 5.92 Å². The number of rotatable bonds is 10. The number of aryl methyl sites for hydroxylation is 1. The number of aliphatic hydroxyl groups is 1. The summed E-state index contributed by atoms with van der Waals surface area (Å²) in [5.41, 5.74) is 2.65. The van der Waals surface area contributed by atoms with Crippen LogP contribution in [0, 0.1) is 12.8 Å². The molecule has 1 aromatic rings. The molecule has 0 bridgehead atoms. The minimum absolute atomic E-state index is 0. The molecule has 4 nitrogen and oxygen atoms in total. The van der Waals surface area contributed by atoms with Crippen LogP contribution in [0.2, 0.25) is 0 Å². The van der Waals surface area contributed by atoms with Gasteiger partial charge in [-0.15, -0.1) is 24.0 Å². The van der Waals surface area contributed by atoms with Gasteiger partial charge in [0.15, 0.2) is 5.96 Å². The Bertz CT molecular complexity index is 460. The molecule has 0 aliphatic rings. The van der Waals surface area contributed by atoms with Crippen LogP contribution in [0.25, 0.3) is 0 Å². The fourth-order valence-corrected chi connectivity index (χ4v) is 2.67. The van der Waals surface area contributed by atoms with E-state index in [0.717, 1.165) is 51.3 Å². The fraction of sp³-hybridized carbons (Fsp3) is 0.632. The molecule has 0 fully saturated rings. The average Bonchev–Trinajstić information content (AvgIpc) is 2.53. The van der Waals surface area contributed by atoms with Crippen LogP contribution in [0.1, 0.15) is 44.2 Å². The van der Waals surface area contributed by atoms with Crippen LogP contribution in [0.15, 0.2) is 29.3 Å². The molecule has 1 unspecified atom stereocenters. The van der Waals surface area contributed by atoms with Crippen molar-refractivity contribution < 1.29 is 5.11 Å². The molecule has 138 valence electrons. The van der Waals surface area contributed by atoms with Crippen molar-refractivity contribution in [2.75, 3.05) is 26.2 Å². The molecule has 0 radical (unpaired) electrons. The number of nitrogens with zero attached hydrogens (tertiary/aromatic N) is 1. The third kappa shape index (κ3) is 10.1. The van der Waals surface area contributed by atoms with Crippen molar-refractivity contribution in [1.29, 1.82) is 0 Å². The summed E-state index contributed by atoms with van der Waals surface area (Å²) in [5.74, 6) is 1.34. The lowest BCUT2D eigenvalue weighted by Gasteiger charge is -2.15. The summed E-state index contributed by atoms with van der Waals surface area (Å²) in [6.07, 6.45) is 4.07. The van der Waals surface area contributed by atoms with Gasteiger partial charge >= 0.3 is 0 Å². The van der Waals surface area contributed by atoms with Gasteiger partial charge in [-0.25, -0.2) is 0 Å². The first-order valence-corrected chi connectivity index (χ1v) is 8.88. The van der Waals surface area contributed by atoms with Gasteiger partial charge in [-0.2, -0.15) is 0 Å². The monoisotopic (exact) mass is 447 g/mol. The minimum atomic E-state index is 0. The Labute approximate surface area is 164 Å². The highest BCUT2D eigenvalue weighted by Crippen LogP contribution is 2.11. The van der Waals surface area contributed by atoms with E-state index in [4.69, 9.17) is 5.11 Å². The summed E-state index contributed by atoms with van der Waals surface area (Å²) >= 11 is 0. The standard InChI is InChI=1S/C19H33N3O.HI/c1-4-7-18(11-13-23)15-22-19(20-5-2)21-12-10-17-9-6-8-16(3)14-17;/h6,8-9,14,18,23H,4-5,7,10-13,15H2,1-3H3,(H2,20,21,22);1H. The van der Waals surface area contributed by atoms with E-state index in [1.807, 2.05) is 0 Å². The van der Waals surface area contributed by atoms with Crippen LogP contribution < -0.4 is 10.6 Å². The lowest BCUT2D eigenvalue weighted by Crippen LogP contribution is -2.38. The van der Waals surface area contributed by atoms with Gasteiger partial charge in [-0.05, 0) is 44.6 Å². The smallest absolute Gasteiger partial charge is 0.191 e. The highest BCUT2D eigenvalue weighted by Gasteiger charge is 2.07. The first-order chi connectivity index (χ1) is 11.2. The third-order valence-corrected chi connectivity index (χ3v) is 3.87. The minimum Gasteiger partial charge on any atom is -0.396 e. The number of halogens is 1. The molecule has 0 aliphatic heterocycles. The van der Waals surface area contributed by atoms with Crippen molar-refractivity contribution in [3.05, 3.63) is 35.4 Å². The summed E-state index contributed by atoms with van der Waals surface area (Å²) in [6, 6.07) is 8.62. The maximum absolute atomic E-state index is 9.14. The van der Waals surface area contributed by atoms with Crippen LogP contribution in [-0.2, 0) is 6.42 Å². The second-order valence-corrected chi connectivity index (χ2v) is 6.05. The van der Waals surface area contributed by atoms with Gasteiger partial charge in [0.25, 0.3) is 0 Å². The van der Waals surface area contributed by atoms with E-state index < -0.39 is 0 Å². The molecule has 24 heavy (non-hydrogen) atoms. The van der Waals surface area contributed by atoms with Crippen molar-refractivity contribution in [1.82, 2.24) is 10.6 Å². The molecule has 1 atom stereocenters. The van der Waals surface area contributed by atoms with E-state index in [-0.39, 0.29) is 30.6 Å². The van der Waals surface area contributed by atoms with Gasteiger partial charge in [0.05, 0.1) is 0 Å². The zero-order valence-corrected chi connectivity index (χ0v) is 17.7. The molecule has 0 aromatic heterocycles. The predicted molar refractivity (Wildman–Crippen MR) is 114 cm³/mol. The van der Waals surface area contributed by atoms with E-state index in [1.54, 1.807) is 0 Å². The number of aliphatic hydroxyl groups excluding tert-OH is 1. The number of guanidine groups is 1. The van der Waals surface area contributed by atoms with E-state index >= 15 is 0 Å².